The summed E-state index contributed by atoms with van der Waals surface area (Å²) in [5.74, 6) is -2.57. The van der Waals surface area contributed by atoms with Crippen LogP contribution < -0.4 is 0 Å². The number of rotatable bonds is 4. The Kier molecular flexibility index (Phi) is 5.58. The highest BCUT2D eigenvalue weighted by Gasteiger charge is 2.42. The van der Waals surface area contributed by atoms with E-state index in [0.717, 1.165) is 29.8 Å². The molecule has 2 aromatic carbocycles. The van der Waals surface area contributed by atoms with Gasteiger partial charge in [-0.2, -0.15) is 21.6 Å². The minimum absolute atomic E-state index is 0.216. The summed E-state index contributed by atoms with van der Waals surface area (Å²) < 4.78 is 81.1. The van der Waals surface area contributed by atoms with Gasteiger partial charge in [0.25, 0.3) is 0 Å². The summed E-state index contributed by atoms with van der Waals surface area (Å²) in [6, 6.07) is 9.35. The average molecular weight is 439 g/mol. The first kappa shape index (κ1) is 19.5. The highest BCUT2D eigenvalue weighted by atomic mass is 79.9. The Hall–Kier alpha value is -1.87. The zero-order valence-corrected chi connectivity index (χ0v) is 15.0. The number of allylic oxidation sites excluding steroid dienone is 1. The normalized spacial score (nSPS) is 13.4. The van der Waals surface area contributed by atoms with Gasteiger partial charge in [0.05, 0.1) is 4.48 Å². The number of benzene rings is 2. The maximum Gasteiger partial charge on any atom is 0.451 e. The van der Waals surface area contributed by atoms with E-state index in [9.17, 15) is 26.0 Å². The van der Waals surface area contributed by atoms with Crippen LogP contribution in [0.1, 0.15) is 11.1 Å². The van der Waals surface area contributed by atoms with Crippen molar-refractivity contribution in [2.24, 2.45) is 0 Å². The lowest BCUT2D eigenvalue weighted by Gasteiger charge is -2.16. The van der Waals surface area contributed by atoms with E-state index in [-0.39, 0.29) is 5.56 Å². The third kappa shape index (κ3) is 4.82. The summed E-state index contributed by atoms with van der Waals surface area (Å²) in [6.07, 6.45) is -5.12. The van der Waals surface area contributed by atoms with Crippen molar-refractivity contribution in [1.29, 1.82) is 0 Å². The van der Waals surface area contributed by atoms with Crippen LogP contribution in [0.4, 0.5) is 17.6 Å². The molecule has 0 heterocycles. The Morgan fingerprint density at radius 1 is 1.08 bits per heavy atom. The molecule has 0 aromatic heterocycles. The monoisotopic (exact) mass is 438 g/mol. The molecule has 0 spiro atoms. The van der Waals surface area contributed by atoms with Gasteiger partial charge in [-0.15, -0.1) is 0 Å². The second-order valence-electron chi connectivity index (χ2n) is 5.00. The van der Waals surface area contributed by atoms with Crippen LogP contribution in [0.15, 0.2) is 59.2 Å². The maximum atomic E-state index is 13.3. The lowest BCUT2D eigenvalue weighted by Crippen LogP contribution is -2.19. The van der Waals surface area contributed by atoms with Crippen molar-refractivity contribution in [2.75, 3.05) is 0 Å². The number of alkyl halides is 3. The van der Waals surface area contributed by atoms with Gasteiger partial charge in [-0.05, 0) is 52.7 Å². The van der Waals surface area contributed by atoms with Crippen molar-refractivity contribution in [3.8, 4) is 0 Å². The zero-order chi connectivity index (χ0) is 18.8. The molecule has 0 aliphatic heterocycles. The topological polar surface area (TPSA) is 43.4 Å². The third-order valence-electron chi connectivity index (χ3n) is 3.04. The molecule has 0 amide bonds. The fourth-order valence-electron chi connectivity index (χ4n) is 1.83. The summed E-state index contributed by atoms with van der Waals surface area (Å²) in [5.41, 5.74) is 0.512. The quantitative estimate of drug-likeness (QED) is 0.375. The molecule has 25 heavy (non-hydrogen) atoms. The Balaban J connectivity index is 2.52. The molecular formula is C16H11BrF4O3S. The van der Waals surface area contributed by atoms with Gasteiger partial charge in [0.1, 0.15) is 10.7 Å². The van der Waals surface area contributed by atoms with Gasteiger partial charge in [0.2, 0.25) is 5.76 Å². The molecule has 0 N–H and O–H groups in total. The van der Waals surface area contributed by atoms with Crippen molar-refractivity contribution in [3.63, 3.8) is 0 Å². The Bertz CT molecular complexity index is 904. The first-order valence-corrected chi connectivity index (χ1v) is 8.95. The van der Waals surface area contributed by atoms with Crippen molar-refractivity contribution < 1.29 is 30.2 Å². The zero-order valence-electron chi connectivity index (χ0n) is 12.6. The van der Waals surface area contributed by atoms with Crippen molar-refractivity contribution in [3.05, 3.63) is 71.2 Å². The summed E-state index contributed by atoms with van der Waals surface area (Å²) in [5, 5.41) is 0. The van der Waals surface area contributed by atoms with E-state index in [2.05, 4.69) is 20.1 Å². The molecule has 0 unspecified atom stereocenters. The molecule has 0 atom stereocenters. The number of hydrogen-bond donors (Lipinski definition) is 0. The minimum atomic E-state index is -5.12. The minimum Gasteiger partial charge on any atom is -0.372 e. The molecule has 0 radical (unpaired) electrons. The van der Waals surface area contributed by atoms with Crippen LogP contribution >= 0.6 is 15.9 Å². The predicted octanol–water partition coefficient (Wildman–Crippen LogP) is 5.17. The van der Waals surface area contributed by atoms with Crippen LogP contribution in [0.5, 0.6) is 0 Å². The van der Waals surface area contributed by atoms with Crippen LogP contribution in [-0.2, 0) is 14.3 Å². The van der Waals surface area contributed by atoms with Gasteiger partial charge in [-0.1, -0.05) is 29.8 Å². The number of halogens is 5. The second kappa shape index (κ2) is 7.17. The SMILES string of the molecule is Cc1ccc(S(=O)(=O)O/C(=C(/Br)c2cccc(F)c2)C(F)(F)F)cc1. The summed E-state index contributed by atoms with van der Waals surface area (Å²) in [6.45, 7) is 1.69. The summed E-state index contributed by atoms with van der Waals surface area (Å²) in [7, 11) is -4.72. The van der Waals surface area contributed by atoms with Crippen LogP contribution in [0.2, 0.25) is 0 Å². The lowest BCUT2D eigenvalue weighted by atomic mass is 10.2. The highest BCUT2D eigenvalue weighted by molar-refractivity contribution is 9.15. The predicted molar refractivity (Wildman–Crippen MR) is 87.8 cm³/mol. The fourth-order valence-corrected chi connectivity index (χ4v) is 3.45. The van der Waals surface area contributed by atoms with E-state index in [1.165, 1.54) is 24.3 Å². The van der Waals surface area contributed by atoms with Gasteiger partial charge in [0, 0.05) is 0 Å². The molecule has 0 bridgehead atoms. The summed E-state index contributed by atoms with van der Waals surface area (Å²) >= 11 is 2.66. The summed E-state index contributed by atoms with van der Waals surface area (Å²) in [4.78, 5) is -0.431. The van der Waals surface area contributed by atoms with Gasteiger partial charge in [-0.3, -0.25) is 0 Å². The van der Waals surface area contributed by atoms with Gasteiger partial charge >= 0.3 is 16.3 Å². The lowest BCUT2D eigenvalue weighted by molar-refractivity contribution is -0.114. The third-order valence-corrected chi connectivity index (χ3v) is 5.09. The van der Waals surface area contributed by atoms with Gasteiger partial charge < -0.3 is 4.18 Å². The number of aryl methyl sites for hydroxylation is 1. The first-order valence-electron chi connectivity index (χ1n) is 6.75. The van der Waals surface area contributed by atoms with E-state index < -0.39 is 37.2 Å². The molecule has 3 nitrogen and oxygen atoms in total. The van der Waals surface area contributed by atoms with E-state index in [1.807, 2.05) is 0 Å². The smallest absolute Gasteiger partial charge is 0.372 e. The Labute approximate surface area is 150 Å². The highest BCUT2D eigenvalue weighted by Crippen LogP contribution is 2.38. The van der Waals surface area contributed by atoms with Crippen molar-refractivity contribution in [2.45, 2.75) is 18.0 Å². The van der Waals surface area contributed by atoms with Crippen LogP contribution in [0.25, 0.3) is 4.48 Å². The second-order valence-corrected chi connectivity index (χ2v) is 7.34. The Morgan fingerprint density at radius 3 is 2.20 bits per heavy atom. The van der Waals surface area contributed by atoms with E-state index in [1.54, 1.807) is 6.92 Å². The van der Waals surface area contributed by atoms with Gasteiger partial charge in [-0.25, -0.2) is 4.39 Å². The molecule has 2 aromatic rings. The van der Waals surface area contributed by atoms with Gasteiger partial charge in [0.15, 0.2) is 0 Å². The van der Waals surface area contributed by atoms with Crippen LogP contribution in [0.3, 0.4) is 0 Å². The van der Waals surface area contributed by atoms with Crippen molar-refractivity contribution >= 4 is 30.5 Å². The first-order chi connectivity index (χ1) is 11.5. The maximum absolute atomic E-state index is 13.3. The molecular weight excluding hydrogens is 428 g/mol. The van der Waals surface area contributed by atoms with Crippen molar-refractivity contribution in [1.82, 2.24) is 0 Å². The standard InChI is InChI=1S/C16H11BrF4O3S/c1-10-5-7-13(8-6-10)25(22,23)24-15(16(19,20)21)14(17)11-3-2-4-12(18)9-11/h2-9H,1H3/b15-14+. The Morgan fingerprint density at radius 2 is 1.68 bits per heavy atom. The largest absolute Gasteiger partial charge is 0.451 e. The fraction of sp³-hybridized carbons (Fsp3) is 0.125. The van der Waals surface area contributed by atoms with E-state index in [0.29, 0.717) is 0 Å². The number of hydrogen-bond acceptors (Lipinski definition) is 3. The molecule has 0 aliphatic rings. The van der Waals surface area contributed by atoms with Crippen LogP contribution in [-0.4, -0.2) is 14.6 Å². The van der Waals surface area contributed by atoms with Crippen LogP contribution in [0, 0.1) is 12.7 Å². The molecule has 2 rings (SSSR count). The molecule has 0 aliphatic carbocycles. The van der Waals surface area contributed by atoms with E-state index in [4.69, 9.17) is 0 Å². The molecule has 0 saturated carbocycles. The molecule has 0 saturated heterocycles. The molecule has 134 valence electrons. The van der Waals surface area contributed by atoms with E-state index >= 15 is 0 Å². The molecule has 0 fully saturated rings. The molecule has 9 heteroatoms. The average Bonchev–Trinajstić information content (AvgIpc) is 2.51.